The van der Waals surface area contributed by atoms with Gasteiger partial charge in [-0.15, -0.1) is 0 Å². The lowest BCUT2D eigenvalue weighted by Crippen LogP contribution is -2.10. The normalized spacial score (nSPS) is 12.7. The molecule has 3 rings (SSSR count). The summed E-state index contributed by atoms with van der Waals surface area (Å²) in [5, 5.41) is 0. The monoisotopic (exact) mass is 366 g/mol. The first-order valence-electron chi connectivity index (χ1n) is 8.62. The molecule has 0 saturated carbocycles. The van der Waals surface area contributed by atoms with E-state index in [1.807, 2.05) is 30.3 Å². The highest BCUT2D eigenvalue weighted by molar-refractivity contribution is 7.87. The van der Waals surface area contributed by atoms with Crippen LogP contribution < -0.4 is 4.18 Å². The summed E-state index contributed by atoms with van der Waals surface area (Å²) in [5.74, 6) is 0.973. The van der Waals surface area contributed by atoms with Crippen LogP contribution in [0.1, 0.15) is 30.9 Å². The molecule has 0 aromatic heterocycles. The van der Waals surface area contributed by atoms with Crippen molar-refractivity contribution < 1.29 is 12.6 Å². The maximum absolute atomic E-state index is 12.3. The Bertz CT molecular complexity index is 932. The van der Waals surface area contributed by atoms with E-state index in [-0.39, 0.29) is 10.8 Å². The molecular weight excluding hydrogens is 344 g/mol. The van der Waals surface area contributed by atoms with Crippen molar-refractivity contribution in [2.75, 3.05) is 0 Å². The zero-order valence-corrected chi connectivity index (χ0v) is 15.7. The molecule has 0 saturated heterocycles. The van der Waals surface area contributed by atoms with E-state index in [1.54, 1.807) is 30.3 Å². The number of hydrogen-bond acceptors (Lipinski definition) is 3. The zero-order valence-electron chi connectivity index (χ0n) is 14.9. The van der Waals surface area contributed by atoms with E-state index in [2.05, 4.69) is 26.0 Å². The van der Waals surface area contributed by atoms with Gasteiger partial charge >= 0.3 is 10.1 Å². The molecule has 3 nitrogen and oxygen atoms in total. The van der Waals surface area contributed by atoms with Gasteiger partial charge in [0, 0.05) is 5.92 Å². The largest absolute Gasteiger partial charge is 0.379 e. The minimum absolute atomic E-state index is 0.147. The molecular formula is C22H22O3S. The molecule has 0 radical (unpaired) electrons. The van der Waals surface area contributed by atoms with Crippen LogP contribution in [0.4, 0.5) is 0 Å². The van der Waals surface area contributed by atoms with Gasteiger partial charge in [-0.3, -0.25) is 0 Å². The van der Waals surface area contributed by atoms with E-state index in [9.17, 15) is 8.42 Å². The van der Waals surface area contributed by atoms with Crippen LogP contribution in [0.2, 0.25) is 0 Å². The maximum atomic E-state index is 12.3. The van der Waals surface area contributed by atoms with Gasteiger partial charge in [0.2, 0.25) is 0 Å². The first-order chi connectivity index (χ1) is 12.5. The van der Waals surface area contributed by atoms with Crippen molar-refractivity contribution in [2.24, 2.45) is 5.92 Å². The standard InChI is InChI=1S/C22H22O3S/c1-17(2)22(18-9-5-3-6-10-18)19-13-15-20(16-14-19)25-26(23,24)21-11-7-4-8-12-21/h3-17,22H,1-2H3. The number of hydrogen-bond donors (Lipinski definition) is 0. The Kier molecular flexibility index (Phi) is 5.43. The van der Waals surface area contributed by atoms with Gasteiger partial charge in [-0.1, -0.05) is 74.5 Å². The summed E-state index contributed by atoms with van der Waals surface area (Å²) in [7, 11) is -3.81. The van der Waals surface area contributed by atoms with Gasteiger partial charge in [0.1, 0.15) is 10.6 Å². The van der Waals surface area contributed by atoms with Crippen LogP contribution in [-0.2, 0) is 10.1 Å². The van der Waals surface area contributed by atoms with Gasteiger partial charge in [0.05, 0.1) is 0 Å². The lowest BCUT2D eigenvalue weighted by molar-refractivity contribution is 0.485. The van der Waals surface area contributed by atoms with Gasteiger partial charge in [0.15, 0.2) is 0 Å². The summed E-state index contributed by atoms with van der Waals surface area (Å²) < 4.78 is 29.9. The number of benzene rings is 3. The van der Waals surface area contributed by atoms with Crippen LogP contribution in [0, 0.1) is 5.92 Å². The zero-order chi connectivity index (χ0) is 18.6. The Balaban J connectivity index is 1.84. The molecule has 4 heteroatoms. The van der Waals surface area contributed by atoms with Gasteiger partial charge in [0.25, 0.3) is 0 Å². The molecule has 1 unspecified atom stereocenters. The molecule has 0 amide bonds. The summed E-state index contributed by atoms with van der Waals surface area (Å²) in [4.78, 5) is 0.147. The maximum Gasteiger partial charge on any atom is 0.339 e. The summed E-state index contributed by atoms with van der Waals surface area (Å²) >= 11 is 0. The quantitative estimate of drug-likeness (QED) is 0.560. The average molecular weight is 366 g/mol. The lowest BCUT2D eigenvalue weighted by atomic mass is 9.83. The van der Waals surface area contributed by atoms with Crippen LogP contribution in [0.5, 0.6) is 5.75 Å². The van der Waals surface area contributed by atoms with Gasteiger partial charge < -0.3 is 4.18 Å². The third-order valence-corrected chi connectivity index (χ3v) is 5.56. The minimum Gasteiger partial charge on any atom is -0.379 e. The third-order valence-electron chi connectivity index (χ3n) is 4.30. The highest BCUT2D eigenvalue weighted by Gasteiger charge is 2.19. The fourth-order valence-corrected chi connectivity index (χ4v) is 4.07. The second kappa shape index (κ2) is 7.75. The van der Waals surface area contributed by atoms with Crippen molar-refractivity contribution in [3.63, 3.8) is 0 Å². The van der Waals surface area contributed by atoms with Gasteiger partial charge in [-0.2, -0.15) is 8.42 Å². The summed E-state index contributed by atoms with van der Waals surface area (Å²) in [6.07, 6.45) is 0. The first-order valence-corrected chi connectivity index (χ1v) is 10.0. The second-order valence-electron chi connectivity index (χ2n) is 6.55. The summed E-state index contributed by atoms with van der Waals surface area (Å²) in [5.41, 5.74) is 2.38. The van der Waals surface area contributed by atoms with E-state index in [0.29, 0.717) is 11.7 Å². The molecule has 0 fully saturated rings. The molecule has 0 aliphatic rings. The van der Waals surface area contributed by atoms with Crippen LogP contribution in [0.25, 0.3) is 0 Å². The molecule has 26 heavy (non-hydrogen) atoms. The molecule has 0 N–H and O–H groups in total. The van der Waals surface area contributed by atoms with Crippen LogP contribution in [0.3, 0.4) is 0 Å². The fraction of sp³-hybridized carbons (Fsp3) is 0.182. The molecule has 3 aromatic carbocycles. The predicted octanol–water partition coefficient (Wildman–Crippen LogP) is 5.24. The molecule has 3 aromatic rings. The highest BCUT2D eigenvalue weighted by atomic mass is 32.2. The Morgan fingerprint density at radius 1 is 0.692 bits per heavy atom. The Hall–Kier alpha value is -2.59. The van der Waals surface area contributed by atoms with Crippen molar-refractivity contribution >= 4 is 10.1 Å². The fourth-order valence-electron chi connectivity index (χ4n) is 3.12. The molecule has 134 valence electrons. The van der Waals surface area contributed by atoms with Crippen molar-refractivity contribution in [3.05, 3.63) is 96.1 Å². The molecule has 0 aliphatic heterocycles. The van der Waals surface area contributed by atoms with E-state index in [1.165, 1.54) is 17.7 Å². The SMILES string of the molecule is CC(C)C(c1ccccc1)c1ccc(OS(=O)(=O)c2ccccc2)cc1. The van der Waals surface area contributed by atoms with E-state index < -0.39 is 10.1 Å². The number of rotatable bonds is 6. The van der Waals surface area contributed by atoms with E-state index >= 15 is 0 Å². The Labute approximate surface area is 155 Å². The third kappa shape index (κ3) is 4.14. The molecule has 0 bridgehead atoms. The Morgan fingerprint density at radius 2 is 1.19 bits per heavy atom. The van der Waals surface area contributed by atoms with Crippen LogP contribution in [0.15, 0.2) is 89.8 Å². The lowest BCUT2D eigenvalue weighted by Gasteiger charge is -2.22. The van der Waals surface area contributed by atoms with Crippen LogP contribution >= 0.6 is 0 Å². The summed E-state index contributed by atoms with van der Waals surface area (Å²) in [6, 6.07) is 25.8. The molecule has 0 heterocycles. The smallest absolute Gasteiger partial charge is 0.339 e. The summed E-state index contributed by atoms with van der Waals surface area (Å²) in [6.45, 7) is 4.36. The van der Waals surface area contributed by atoms with E-state index in [0.717, 1.165) is 5.56 Å². The van der Waals surface area contributed by atoms with Crippen molar-refractivity contribution in [1.82, 2.24) is 0 Å². The van der Waals surface area contributed by atoms with Crippen molar-refractivity contribution in [1.29, 1.82) is 0 Å². The Morgan fingerprint density at radius 3 is 1.73 bits per heavy atom. The first kappa shape index (κ1) is 18.2. The highest BCUT2D eigenvalue weighted by Crippen LogP contribution is 2.33. The van der Waals surface area contributed by atoms with Crippen LogP contribution in [-0.4, -0.2) is 8.42 Å². The van der Waals surface area contributed by atoms with Crippen molar-refractivity contribution in [2.45, 2.75) is 24.7 Å². The molecule has 0 aliphatic carbocycles. The minimum atomic E-state index is -3.81. The molecule has 1 atom stereocenters. The van der Waals surface area contributed by atoms with Crippen molar-refractivity contribution in [3.8, 4) is 5.75 Å². The van der Waals surface area contributed by atoms with Gasteiger partial charge in [-0.05, 0) is 41.3 Å². The second-order valence-corrected chi connectivity index (χ2v) is 8.10. The average Bonchev–Trinajstić information content (AvgIpc) is 2.64. The van der Waals surface area contributed by atoms with Gasteiger partial charge in [-0.25, -0.2) is 0 Å². The topological polar surface area (TPSA) is 43.4 Å². The molecule has 0 spiro atoms. The van der Waals surface area contributed by atoms with E-state index in [4.69, 9.17) is 4.18 Å². The predicted molar refractivity (Wildman–Crippen MR) is 104 cm³/mol.